The molecule has 28 heavy (non-hydrogen) atoms. The van der Waals surface area contributed by atoms with Crippen molar-refractivity contribution in [1.82, 2.24) is 9.80 Å². The molecule has 1 heterocycles. The normalized spacial score (nSPS) is 17.8. The van der Waals surface area contributed by atoms with Crippen molar-refractivity contribution in [1.29, 1.82) is 0 Å². The average Bonchev–Trinajstić information content (AvgIpc) is 2.83. The first-order valence-electron chi connectivity index (χ1n) is 9.75. The molecule has 1 unspecified atom stereocenters. The van der Waals surface area contributed by atoms with Crippen LogP contribution in [0.2, 0.25) is 0 Å². The summed E-state index contributed by atoms with van der Waals surface area (Å²) in [6, 6.07) is 13.7. The molecule has 148 valence electrons. The van der Waals surface area contributed by atoms with Crippen LogP contribution in [0.4, 0.5) is 4.39 Å². The lowest BCUT2D eigenvalue weighted by Gasteiger charge is -2.34. The molecule has 2 amide bonds. The molecule has 0 spiro atoms. The van der Waals surface area contributed by atoms with Crippen molar-refractivity contribution in [3.63, 3.8) is 0 Å². The molecule has 1 fully saturated rings. The van der Waals surface area contributed by atoms with E-state index in [1.165, 1.54) is 12.1 Å². The van der Waals surface area contributed by atoms with Gasteiger partial charge in [-0.3, -0.25) is 9.59 Å². The van der Waals surface area contributed by atoms with E-state index in [2.05, 4.69) is 13.8 Å². The Morgan fingerprint density at radius 1 is 1.11 bits per heavy atom. The number of hydrogen-bond donors (Lipinski definition) is 0. The number of carbonyl (C=O) groups excluding carboxylic acids is 2. The van der Waals surface area contributed by atoms with Gasteiger partial charge in [0.15, 0.2) is 0 Å². The number of halogens is 1. The van der Waals surface area contributed by atoms with E-state index in [1.54, 1.807) is 17.0 Å². The number of benzene rings is 2. The van der Waals surface area contributed by atoms with Crippen LogP contribution < -0.4 is 0 Å². The highest BCUT2D eigenvalue weighted by Crippen LogP contribution is 2.22. The minimum atomic E-state index is -0.291. The summed E-state index contributed by atoms with van der Waals surface area (Å²) in [4.78, 5) is 29.5. The summed E-state index contributed by atoms with van der Waals surface area (Å²) >= 11 is 0. The van der Waals surface area contributed by atoms with Crippen molar-refractivity contribution in [2.75, 3.05) is 13.1 Å². The summed E-state index contributed by atoms with van der Waals surface area (Å²) in [7, 11) is 0. The molecule has 3 rings (SSSR count). The molecule has 5 heteroatoms. The van der Waals surface area contributed by atoms with Crippen LogP contribution in [-0.4, -0.2) is 40.7 Å². The van der Waals surface area contributed by atoms with Crippen LogP contribution in [0.3, 0.4) is 0 Å². The molecule has 2 aromatic rings. The molecule has 1 atom stereocenters. The molecule has 1 saturated heterocycles. The highest BCUT2D eigenvalue weighted by Gasteiger charge is 2.33. The second-order valence-electron chi connectivity index (χ2n) is 7.83. The van der Waals surface area contributed by atoms with Crippen molar-refractivity contribution in [2.45, 2.75) is 39.8 Å². The number of rotatable bonds is 4. The first-order valence-corrected chi connectivity index (χ1v) is 9.75. The summed E-state index contributed by atoms with van der Waals surface area (Å²) in [5.41, 5.74) is 2.64. The third-order valence-corrected chi connectivity index (χ3v) is 5.35. The smallest absolute Gasteiger partial charge is 0.253 e. The molecule has 0 aromatic heterocycles. The summed E-state index contributed by atoms with van der Waals surface area (Å²) in [6.07, 6.45) is 0.294. The fraction of sp³-hybridized carbons (Fsp3) is 0.391. The Hall–Kier alpha value is -2.69. The van der Waals surface area contributed by atoms with Gasteiger partial charge >= 0.3 is 0 Å². The lowest BCUT2D eigenvalue weighted by atomic mass is 10.0. The Morgan fingerprint density at radius 2 is 1.75 bits per heavy atom. The van der Waals surface area contributed by atoms with Crippen molar-refractivity contribution in [3.8, 4) is 0 Å². The Kier molecular flexibility index (Phi) is 6.12. The highest BCUT2D eigenvalue weighted by molar-refractivity contribution is 5.94. The summed E-state index contributed by atoms with van der Waals surface area (Å²) in [5, 5.41) is 0. The lowest BCUT2D eigenvalue weighted by molar-refractivity contribution is -0.134. The first kappa shape index (κ1) is 20.1. The zero-order chi connectivity index (χ0) is 20.3. The van der Waals surface area contributed by atoms with Crippen LogP contribution in [0.25, 0.3) is 0 Å². The van der Waals surface area contributed by atoms with Crippen molar-refractivity contribution in [2.24, 2.45) is 5.92 Å². The topological polar surface area (TPSA) is 40.6 Å². The van der Waals surface area contributed by atoms with Crippen molar-refractivity contribution < 1.29 is 14.0 Å². The van der Waals surface area contributed by atoms with E-state index in [1.807, 2.05) is 36.1 Å². The maximum Gasteiger partial charge on any atom is 0.253 e. The minimum Gasteiger partial charge on any atom is -0.336 e. The summed E-state index contributed by atoms with van der Waals surface area (Å²) < 4.78 is 13.2. The van der Waals surface area contributed by atoms with Gasteiger partial charge < -0.3 is 9.80 Å². The summed E-state index contributed by atoms with van der Waals surface area (Å²) in [5.74, 6) is -0.110. The Labute approximate surface area is 166 Å². The van der Waals surface area contributed by atoms with E-state index in [0.717, 1.165) is 11.1 Å². The van der Waals surface area contributed by atoms with Crippen molar-refractivity contribution in [3.05, 3.63) is 71.0 Å². The quantitative estimate of drug-likeness (QED) is 0.801. The SMILES string of the molecule is Cc1ccc(C(=O)N2CCC(=O)N(Cc3ccc(F)cc3)C(C(C)C)C2)cc1. The van der Waals surface area contributed by atoms with E-state index >= 15 is 0 Å². The molecular formula is C23H27FN2O2. The molecule has 2 aromatic carbocycles. The standard InChI is InChI=1S/C23H27FN2O2/c1-16(2)21-15-25(23(28)19-8-4-17(3)5-9-19)13-12-22(27)26(21)14-18-6-10-20(24)11-7-18/h4-11,16,21H,12-15H2,1-3H3. The minimum absolute atomic E-state index is 0.0298. The van der Waals surface area contributed by atoms with Crippen LogP contribution in [0.15, 0.2) is 48.5 Å². The largest absolute Gasteiger partial charge is 0.336 e. The van der Waals surface area contributed by atoms with Crippen LogP contribution in [-0.2, 0) is 11.3 Å². The third kappa shape index (κ3) is 4.58. The van der Waals surface area contributed by atoms with Crippen LogP contribution in [0.5, 0.6) is 0 Å². The van der Waals surface area contributed by atoms with Crippen LogP contribution in [0, 0.1) is 18.7 Å². The molecule has 4 nitrogen and oxygen atoms in total. The second kappa shape index (κ2) is 8.55. The monoisotopic (exact) mass is 382 g/mol. The predicted molar refractivity (Wildman–Crippen MR) is 107 cm³/mol. The first-order chi connectivity index (χ1) is 13.3. The molecule has 0 saturated carbocycles. The predicted octanol–water partition coefficient (Wildman–Crippen LogP) is 4.03. The Morgan fingerprint density at radius 3 is 2.36 bits per heavy atom. The van der Waals surface area contributed by atoms with Crippen LogP contribution >= 0.6 is 0 Å². The zero-order valence-corrected chi connectivity index (χ0v) is 16.7. The van der Waals surface area contributed by atoms with Gasteiger partial charge in [0.25, 0.3) is 5.91 Å². The lowest BCUT2D eigenvalue weighted by Crippen LogP contribution is -2.47. The number of hydrogen-bond acceptors (Lipinski definition) is 2. The van der Waals surface area contributed by atoms with Gasteiger partial charge in [-0.05, 0) is 42.7 Å². The molecule has 0 aliphatic carbocycles. The Bertz CT molecular complexity index is 831. The van der Waals surface area contributed by atoms with E-state index in [-0.39, 0.29) is 29.6 Å². The van der Waals surface area contributed by atoms with E-state index in [9.17, 15) is 14.0 Å². The third-order valence-electron chi connectivity index (χ3n) is 5.35. The number of carbonyl (C=O) groups is 2. The van der Waals surface area contributed by atoms with Gasteiger partial charge in [0.1, 0.15) is 5.82 Å². The highest BCUT2D eigenvalue weighted by atomic mass is 19.1. The van der Waals surface area contributed by atoms with Gasteiger partial charge in [-0.25, -0.2) is 4.39 Å². The number of nitrogens with zero attached hydrogens (tertiary/aromatic N) is 2. The fourth-order valence-corrected chi connectivity index (χ4v) is 3.60. The molecule has 0 radical (unpaired) electrons. The van der Waals surface area contributed by atoms with E-state index in [4.69, 9.17) is 0 Å². The number of amides is 2. The van der Waals surface area contributed by atoms with Gasteiger partial charge in [0.2, 0.25) is 5.91 Å². The van der Waals surface area contributed by atoms with Crippen molar-refractivity contribution >= 4 is 11.8 Å². The van der Waals surface area contributed by atoms with Gasteiger partial charge in [-0.15, -0.1) is 0 Å². The van der Waals surface area contributed by atoms with Gasteiger partial charge in [0.05, 0.1) is 6.04 Å². The molecule has 1 aliphatic heterocycles. The molecular weight excluding hydrogens is 355 g/mol. The van der Waals surface area contributed by atoms with Gasteiger partial charge in [-0.2, -0.15) is 0 Å². The Balaban J connectivity index is 1.82. The van der Waals surface area contributed by atoms with E-state index < -0.39 is 0 Å². The van der Waals surface area contributed by atoms with E-state index in [0.29, 0.717) is 31.6 Å². The fourth-order valence-electron chi connectivity index (χ4n) is 3.60. The molecule has 0 N–H and O–H groups in total. The number of aryl methyl sites for hydroxylation is 1. The zero-order valence-electron chi connectivity index (χ0n) is 16.7. The maximum atomic E-state index is 13.2. The maximum absolute atomic E-state index is 13.2. The molecule has 1 aliphatic rings. The second-order valence-corrected chi connectivity index (χ2v) is 7.83. The summed E-state index contributed by atoms with van der Waals surface area (Å²) in [6.45, 7) is 7.45. The van der Waals surface area contributed by atoms with Gasteiger partial charge in [-0.1, -0.05) is 43.7 Å². The average molecular weight is 382 g/mol. The van der Waals surface area contributed by atoms with Crippen LogP contribution in [0.1, 0.15) is 41.8 Å². The molecule has 0 bridgehead atoms. The van der Waals surface area contributed by atoms with Gasteiger partial charge in [0, 0.05) is 31.6 Å².